The van der Waals surface area contributed by atoms with Gasteiger partial charge in [0.05, 0.1) is 12.5 Å². The van der Waals surface area contributed by atoms with Crippen molar-refractivity contribution in [3.8, 4) is 5.75 Å². The van der Waals surface area contributed by atoms with E-state index in [1.807, 2.05) is 50.2 Å². The lowest BCUT2D eigenvalue weighted by Gasteiger charge is -2.28. The number of rotatable bonds is 6. The Morgan fingerprint density at radius 3 is 2.28 bits per heavy atom. The highest BCUT2D eigenvalue weighted by Crippen LogP contribution is 2.28. The first-order chi connectivity index (χ1) is 8.47. The van der Waals surface area contributed by atoms with Gasteiger partial charge in [-0.05, 0) is 38.7 Å². The minimum Gasteiger partial charge on any atom is -0.494 e. The van der Waals surface area contributed by atoms with E-state index in [9.17, 15) is 4.79 Å². The van der Waals surface area contributed by atoms with Crippen LogP contribution in [-0.4, -0.2) is 36.7 Å². The topological polar surface area (TPSA) is 49.8 Å². The first kappa shape index (κ1) is 14.5. The van der Waals surface area contributed by atoms with Crippen molar-refractivity contribution >= 4 is 5.97 Å². The second kappa shape index (κ2) is 6.40. The van der Waals surface area contributed by atoms with E-state index >= 15 is 0 Å². The lowest BCUT2D eigenvalue weighted by molar-refractivity contribution is -0.143. The molecule has 100 valence electrons. The monoisotopic (exact) mass is 251 g/mol. The van der Waals surface area contributed by atoms with Gasteiger partial charge < -0.3 is 14.7 Å². The van der Waals surface area contributed by atoms with Gasteiger partial charge in [-0.1, -0.05) is 19.1 Å². The van der Waals surface area contributed by atoms with Crippen LogP contribution < -0.4 is 4.74 Å². The molecule has 2 unspecified atom stereocenters. The average molecular weight is 251 g/mol. The van der Waals surface area contributed by atoms with Crippen molar-refractivity contribution in [1.82, 2.24) is 4.90 Å². The predicted molar refractivity (Wildman–Crippen MR) is 70.8 cm³/mol. The van der Waals surface area contributed by atoms with E-state index in [-0.39, 0.29) is 6.04 Å². The van der Waals surface area contributed by atoms with Crippen molar-refractivity contribution in [1.29, 1.82) is 0 Å². The zero-order valence-electron chi connectivity index (χ0n) is 11.4. The van der Waals surface area contributed by atoms with Crippen LogP contribution >= 0.6 is 0 Å². The second-order valence-corrected chi connectivity index (χ2v) is 4.54. The van der Waals surface area contributed by atoms with Crippen LogP contribution in [0.5, 0.6) is 5.75 Å². The Hall–Kier alpha value is -1.55. The normalized spacial score (nSPS) is 14.3. The highest BCUT2D eigenvalue weighted by atomic mass is 16.5. The Morgan fingerprint density at radius 2 is 1.89 bits per heavy atom. The fourth-order valence-electron chi connectivity index (χ4n) is 2.10. The lowest BCUT2D eigenvalue weighted by Crippen LogP contribution is -2.30. The standard InChI is InChI=1S/C14H21NO3/c1-5-18-12-8-6-11(7-9-12)13(15(3)4)10(2)14(16)17/h6-10,13H,5H2,1-4H3,(H,16,17). The molecule has 0 spiro atoms. The van der Waals surface area contributed by atoms with E-state index in [0.29, 0.717) is 6.61 Å². The van der Waals surface area contributed by atoms with Crippen LogP contribution in [-0.2, 0) is 4.79 Å². The van der Waals surface area contributed by atoms with Gasteiger partial charge in [-0.2, -0.15) is 0 Å². The molecule has 1 aromatic carbocycles. The van der Waals surface area contributed by atoms with Crippen molar-refractivity contribution < 1.29 is 14.6 Å². The van der Waals surface area contributed by atoms with Gasteiger partial charge in [0.25, 0.3) is 0 Å². The third kappa shape index (κ3) is 3.47. The summed E-state index contributed by atoms with van der Waals surface area (Å²) in [4.78, 5) is 13.1. The molecule has 0 aliphatic heterocycles. The Morgan fingerprint density at radius 1 is 1.33 bits per heavy atom. The molecule has 4 heteroatoms. The van der Waals surface area contributed by atoms with E-state index in [4.69, 9.17) is 9.84 Å². The highest BCUT2D eigenvalue weighted by Gasteiger charge is 2.26. The molecule has 1 rings (SSSR count). The molecular formula is C14H21NO3. The Labute approximate surface area is 108 Å². The fraction of sp³-hybridized carbons (Fsp3) is 0.500. The van der Waals surface area contributed by atoms with E-state index in [2.05, 4.69) is 0 Å². The molecule has 0 bridgehead atoms. The summed E-state index contributed by atoms with van der Waals surface area (Å²) in [5.74, 6) is -0.442. The Balaban J connectivity index is 2.96. The molecule has 18 heavy (non-hydrogen) atoms. The molecule has 0 aromatic heterocycles. The van der Waals surface area contributed by atoms with E-state index < -0.39 is 11.9 Å². The molecule has 0 radical (unpaired) electrons. The first-order valence-electron chi connectivity index (χ1n) is 6.09. The summed E-state index contributed by atoms with van der Waals surface area (Å²) in [5.41, 5.74) is 0.985. The maximum absolute atomic E-state index is 11.1. The number of carboxylic acids is 1. The van der Waals surface area contributed by atoms with E-state index in [1.165, 1.54) is 0 Å². The van der Waals surface area contributed by atoms with Crippen LogP contribution in [0.15, 0.2) is 24.3 Å². The SMILES string of the molecule is CCOc1ccc(C(C(C)C(=O)O)N(C)C)cc1. The Kier molecular flexibility index (Phi) is 5.16. The first-order valence-corrected chi connectivity index (χ1v) is 6.09. The second-order valence-electron chi connectivity index (χ2n) is 4.54. The maximum Gasteiger partial charge on any atom is 0.308 e. The van der Waals surface area contributed by atoms with E-state index in [1.54, 1.807) is 6.92 Å². The van der Waals surface area contributed by atoms with Gasteiger partial charge >= 0.3 is 5.97 Å². The molecule has 0 heterocycles. The number of carboxylic acid groups (broad SMARTS) is 1. The van der Waals surface area contributed by atoms with E-state index in [0.717, 1.165) is 11.3 Å². The van der Waals surface area contributed by atoms with Crippen LogP contribution in [0.2, 0.25) is 0 Å². The molecule has 2 atom stereocenters. The van der Waals surface area contributed by atoms with Crippen LogP contribution in [0.4, 0.5) is 0 Å². The van der Waals surface area contributed by atoms with Gasteiger partial charge in [-0.15, -0.1) is 0 Å². The summed E-state index contributed by atoms with van der Waals surface area (Å²) >= 11 is 0. The van der Waals surface area contributed by atoms with Crippen molar-refractivity contribution in [3.05, 3.63) is 29.8 Å². The average Bonchev–Trinajstić information content (AvgIpc) is 2.31. The molecule has 0 amide bonds. The number of hydrogen-bond donors (Lipinski definition) is 1. The summed E-state index contributed by atoms with van der Waals surface area (Å²) in [6.07, 6.45) is 0. The summed E-state index contributed by atoms with van der Waals surface area (Å²) < 4.78 is 5.38. The zero-order chi connectivity index (χ0) is 13.7. The molecule has 1 aromatic rings. The molecule has 0 aliphatic carbocycles. The number of benzene rings is 1. The minimum absolute atomic E-state index is 0.141. The highest BCUT2D eigenvalue weighted by molar-refractivity contribution is 5.70. The van der Waals surface area contributed by atoms with Gasteiger partial charge in [-0.25, -0.2) is 0 Å². The largest absolute Gasteiger partial charge is 0.494 e. The fourth-order valence-corrected chi connectivity index (χ4v) is 2.10. The van der Waals surface area contributed by atoms with Crippen molar-refractivity contribution in [2.45, 2.75) is 19.9 Å². The summed E-state index contributed by atoms with van der Waals surface area (Å²) in [5, 5.41) is 9.15. The molecule has 0 fully saturated rings. The number of aliphatic carboxylic acids is 1. The molecule has 0 aliphatic rings. The molecular weight excluding hydrogens is 230 g/mol. The van der Waals surface area contributed by atoms with Crippen LogP contribution in [0, 0.1) is 5.92 Å². The van der Waals surface area contributed by atoms with Gasteiger partial charge in [0.15, 0.2) is 0 Å². The van der Waals surface area contributed by atoms with Gasteiger partial charge in [0.1, 0.15) is 5.75 Å². The number of carbonyl (C=O) groups is 1. The predicted octanol–water partition coefficient (Wildman–Crippen LogP) is 2.41. The minimum atomic E-state index is -0.789. The van der Waals surface area contributed by atoms with Gasteiger partial charge in [0.2, 0.25) is 0 Å². The van der Waals surface area contributed by atoms with Gasteiger partial charge in [-0.3, -0.25) is 4.79 Å². The van der Waals surface area contributed by atoms with Crippen LogP contribution in [0.3, 0.4) is 0 Å². The number of ether oxygens (including phenoxy) is 1. The van der Waals surface area contributed by atoms with Crippen molar-refractivity contribution in [2.75, 3.05) is 20.7 Å². The van der Waals surface area contributed by atoms with Crippen LogP contribution in [0.1, 0.15) is 25.5 Å². The van der Waals surface area contributed by atoms with Crippen molar-refractivity contribution in [3.63, 3.8) is 0 Å². The molecule has 1 N–H and O–H groups in total. The third-order valence-corrected chi connectivity index (χ3v) is 2.95. The smallest absolute Gasteiger partial charge is 0.308 e. The molecule has 4 nitrogen and oxygen atoms in total. The zero-order valence-corrected chi connectivity index (χ0v) is 11.4. The maximum atomic E-state index is 11.1. The number of nitrogens with zero attached hydrogens (tertiary/aromatic N) is 1. The van der Waals surface area contributed by atoms with Crippen LogP contribution in [0.25, 0.3) is 0 Å². The summed E-state index contributed by atoms with van der Waals surface area (Å²) in [6.45, 7) is 4.29. The third-order valence-electron chi connectivity index (χ3n) is 2.95. The molecule has 0 saturated carbocycles. The van der Waals surface area contributed by atoms with Gasteiger partial charge in [0, 0.05) is 6.04 Å². The number of hydrogen-bond acceptors (Lipinski definition) is 3. The quantitative estimate of drug-likeness (QED) is 0.843. The summed E-state index contributed by atoms with van der Waals surface area (Å²) in [6, 6.07) is 7.47. The molecule has 0 saturated heterocycles. The lowest BCUT2D eigenvalue weighted by atomic mass is 9.93. The Bertz CT molecular complexity index is 387. The summed E-state index contributed by atoms with van der Waals surface area (Å²) in [7, 11) is 3.78. The van der Waals surface area contributed by atoms with Crippen molar-refractivity contribution in [2.24, 2.45) is 5.92 Å².